The Morgan fingerprint density at radius 2 is 1.53 bits per heavy atom. The molecule has 0 spiro atoms. The summed E-state index contributed by atoms with van der Waals surface area (Å²) < 4.78 is 0. The highest BCUT2D eigenvalue weighted by Crippen LogP contribution is 2.10. The van der Waals surface area contributed by atoms with Crippen molar-refractivity contribution in [3.8, 4) is 0 Å². The third-order valence-corrected chi connectivity index (χ3v) is 2.72. The minimum Gasteiger partial charge on any atom is -0.395 e. The maximum absolute atomic E-state index is 9.30. The van der Waals surface area contributed by atoms with Crippen LogP contribution in [0.15, 0.2) is 0 Å². The number of aliphatic hydroxyl groups excluding tert-OH is 1. The van der Waals surface area contributed by atoms with Crippen molar-refractivity contribution in [1.29, 1.82) is 0 Å². The minimum atomic E-state index is 0.266. The van der Waals surface area contributed by atoms with Gasteiger partial charge in [-0.25, -0.2) is 0 Å². The first-order valence-corrected chi connectivity index (χ1v) is 6.50. The summed E-state index contributed by atoms with van der Waals surface area (Å²) in [4.78, 5) is 0. The molecule has 0 aliphatic carbocycles. The van der Waals surface area contributed by atoms with Gasteiger partial charge in [-0.05, 0) is 25.2 Å². The standard InChI is InChI=1S/C13H29NO/c1-5-7-12(8-6-2)14-13(10-15)9-11(3)4/h11-15H,5-10H2,1-4H3/t13-/m1/s1. The van der Waals surface area contributed by atoms with Crippen LogP contribution >= 0.6 is 0 Å². The van der Waals surface area contributed by atoms with Gasteiger partial charge in [-0.15, -0.1) is 0 Å². The second-order valence-electron chi connectivity index (χ2n) is 4.95. The van der Waals surface area contributed by atoms with E-state index in [4.69, 9.17) is 0 Å². The molecule has 2 heteroatoms. The molecule has 0 aromatic carbocycles. The summed E-state index contributed by atoms with van der Waals surface area (Å²) >= 11 is 0. The maximum atomic E-state index is 9.30. The number of hydrogen-bond donors (Lipinski definition) is 2. The molecule has 2 N–H and O–H groups in total. The zero-order valence-corrected chi connectivity index (χ0v) is 10.9. The summed E-state index contributed by atoms with van der Waals surface area (Å²) in [5.74, 6) is 0.651. The largest absolute Gasteiger partial charge is 0.395 e. The second kappa shape index (κ2) is 9.17. The van der Waals surface area contributed by atoms with E-state index in [1.54, 1.807) is 0 Å². The quantitative estimate of drug-likeness (QED) is 0.620. The van der Waals surface area contributed by atoms with Gasteiger partial charge < -0.3 is 10.4 Å². The van der Waals surface area contributed by atoms with Gasteiger partial charge in [-0.3, -0.25) is 0 Å². The molecule has 0 saturated carbocycles. The Bertz CT molecular complexity index is 130. The molecule has 0 amide bonds. The molecule has 2 nitrogen and oxygen atoms in total. The summed E-state index contributed by atoms with van der Waals surface area (Å²) in [6.07, 6.45) is 5.96. The molecule has 0 fully saturated rings. The molecule has 0 unspecified atom stereocenters. The smallest absolute Gasteiger partial charge is 0.0584 e. The molecule has 0 radical (unpaired) electrons. The highest BCUT2D eigenvalue weighted by Gasteiger charge is 2.14. The van der Waals surface area contributed by atoms with Gasteiger partial charge in [-0.1, -0.05) is 40.5 Å². The number of nitrogens with one attached hydrogen (secondary N) is 1. The Balaban J connectivity index is 3.96. The first kappa shape index (κ1) is 14.9. The van der Waals surface area contributed by atoms with Crippen LogP contribution in [-0.2, 0) is 0 Å². The lowest BCUT2D eigenvalue weighted by molar-refractivity contribution is 0.207. The number of rotatable bonds is 9. The summed E-state index contributed by atoms with van der Waals surface area (Å²) in [7, 11) is 0. The second-order valence-corrected chi connectivity index (χ2v) is 4.95. The minimum absolute atomic E-state index is 0.266. The van der Waals surface area contributed by atoms with Gasteiger partial charge in [0.1, 0.15) is 0 Å². The van der Waals surface area contributed by atoms with Gasteiger partial charge in [0, 0.05) is 12.1 Å². The average molecular weight is 215 g/mol. The molecule has 1 atom stereocenters. The normalized spacial score (nSPS) is 13.8. The fourth-order valence-electron chi connectivity index (χ4n) is 2.11. The van der Waals surface area contributed by atoms with Crippen LogP contribution in [0.25, 0.3) is 0 Å². The molecule has 0 aliphatic heterocycles. The average Bonchev–Trinajstić information content (AvgIpc) is 2.16. The Kier molecular flexibility index (Phi) is 9.12. The van der Waals surface area contributed by atoms with Gasteiger partial charge in [0.2, 0.25) is 0 Å². The summed E-state index contributed by atoms with van der Waals surface area (Å²) in [5.41, 5.74) is 0. The molecule has 92 valence electrons. The van der Waals surface area contributed by atoms with Crippen LogP contribution in [0, 0.1) is 5.92 Å². The highest BCUT2D eigenvalue weighted by molar-refractivity contribution is 4.74. The Morgan fingerprint density at radius 1 is 1.00 bits per heavy atom. The lowest BCUT2D eigenvalue weighted by Crippen LogP contribution is -2.41. The van der Waals surface area contributed by atoms with E-state index in [0.29, 0.717) is 12.0 Å². The molecular weight excluding hydrogens is 186 g/mol. The monoisotopic (exact) mass is 215 g/mol. The third kappa shape index (κ3) is 7.80. The lowest BCUT2D eigenvalue weighted by atomic mass is 10.0. The van der Waals surface area contributed by atoms with Gasteiger partial charge >= 0.3 is 0 Å². The van der Waals surface area contributed by atoms with Crippen molar-refractivity contribution in [2.75, 3.05) is 6.61 Å². The van der Waals surface area contributed by atoms with Crippen LogP contribution in [0.4, 0.5) is 0 Å². The zero-order valence-electron chi connectivity index (χ0n) is 10.9. The van der Waals surface area contributed by atoms with Gasteiger partial charge in [0.25, 0.3) is 0 Å². The third-order valence-electron chi connectivity index (χ3n) is 2.72. The molecule has 0 bridgehead atoms. The Labute approximate surface area is 95.5 Å². The first-order chi connectivity index (χ1) is 7.13. The van der Waals surface area contributed by atoms with E-state index < -0.39 is 0 Å². The van der Waals surface area contributed by atoms with Crippen molar-refractivity contribution in [2.24, 2.45) is 5.92 Å². The van der Waals surface area contributed by atoms with Crippen molar-refractivity contribution < 1.29 is 5.11 Å². The number of hydrogen-bond acceptors (Lipinski definition) is 2. The Hall–Kier alpha value is -0.0800. The molecule has 15 heavy (non-hydrogen) atoms. The molecule has 0 rings (SSSR count). The van der Waals surface area contributed by atoms with Crippen molar-refractivity contribution in [3.63, 3.8) is 0 Å². The van der Waals surface area contributed by atoms with Crippen LogP contribution in [0.3, 0.4) is 0 Å². The van der Waals surface area contributed by atoms with E-state index >= 15 is 0 Å². The topological polar surface area (TPSA) is 32.3 Å². The predicted molar refractivity (Wildman–Crippen MR) is 67.1 cm³/mol. The molecule has 0 aromatic rings. The van der Waals surface area contributed by atoms with Gasteiger partial charge in [0.15, 0.2) is 0 Å². The highest BCUT2D eigenvalue weighted by atomic mass is 16.3. The molecular formula is C13H29NO. The lowest BCUT2D eigenvalue weighted by Gasteiger charge is -2.25. The van der Waals surface area contributed by atoms with Crippen LogP contribution < -0.4 is 5.32 Å². The summed E-state index contributed by atoms with van der Waals surface area (Å²) in [6.45, 7) is 9.13. The maximum Gasteiger partial charge on any atom is 0.0584 e. The van der Waals surface area contributed by atoms with Crippen molar-refractivity contribution in [3.05, 3.63) is 0 Å². The van der Waals surface area contributed by atoms with Crippen molar-refractivity contribution >= 4 is 0 Å². The van der Waals surface area contributed by atoms with E-state index in [2.05, 4.69) is 33.0 Å². The molecule has 0 saturated heterocycles. The van der Waals surface area contributed by atoms with E-state index in [1.165, 1.54) is 25.7 Å². The first-order valence-electron chi connectivity index (χ1n) is 6.50. The van der Waals surface area contributed by atoms with Crippen molar-refractivity contribution in [2.45, 2.75) is 71.9 Å². The van der Waals surface area contributed by atoms with E-state index in [-0.39, 0.29) is 12.6 Å². The van der Waals surface area contributed by atoms with Crippen LogP contribution in [0.1, 0.15) is 59.8 Å². The van der Waals surface area contributed by atoms with Crippen molar-refractivity contribution in [1.82, 2.24) is 5.32 Å². The van der Waals surface area contributed by atoms with Gasteiger partial charge in [-0.2, -0.15) is 0 Å². The Morgan fingerprint density at radius 3 is 1.87 bits per heavy atom. The van der Waals surface area contributed by atoms with E-state index in [9.17, 15) is 5.11 Å². The fourth-order valence-corrected chi connectivity index (χ4v) is 2.11. The molecule has 0 aromatic heterocycles. The van der Waals surface area contributed by atoms with Gasteiger partial charge in [0.05, 0.1) is 6.61 Å². The summed E-state index contributed by atoms with van der Waals surface area (Å²) in [5, 5.41) is 12.9. The van der Waals surface area contributed by atoms with E-state index in [0.717, 1.165) is 6.42 Å². The van der Waals surface area contributed by atoms with Crippen LogP contribution in [0.2, 0.25) is 0 Å². The SMILES string of the molecule is CCCC(CCC)N[C@@H](CO)CC(C)C. The zero-order chi connectivity index (χ0) is 11.7. The van der Waals surface area contributed by atoms with Crippen LogP contribution in [-0.4, -0.2) is 23.8 Å². The van der Waals surface area contributed by atoms with Crippen LogP contribution in [0.5, 0.6) is 0 Å². The number of aliphatic hydroxyl groups is 1. The summed E-state index contributed by atoms with van der Waals surface area (Å²) in [6, 6.07) is 0.879. The predicted octanol–water partition coefficient (Wildman–Crippen LogP) is 2.95. The molecule has 0 heterocycles. The fraction of sp³-hybridized carbons (Fsp3) is 1.00. The van der Waals surface area contributed by atoms with E-state index in [1.807, 2.05) is 0 Å². The molecule has 0 aliphatic rings.